The molecule has 0 fully saturated rings. The lowest BCUT2D eigenvalue weighted by atomic mass is 10.3. The maximum absolute atomic E-state index is 11.1. The van der Waals surface area contributed by atoms with Gasteiger partial charge in [0.1, 0.15) is 6.33 Å². The molecule has 0 unspecified atom stereocenters. The van der Waals surface area contributed by atoms with Crippen molar-refractivity contribution in [3.63, 3.8) is 0 Å². The minimum Gasteiger partial charge on any atom is -0.349 e. The topological polar surface area (TPSA) is 59.8 Å². The van der Waals surface area contributed by atoms with Gasteiger partial charge in [0.25, 0.3) is 0 Å². The maximum Gasteiger partial charge on any atom is 0.220 e. The molecule has 0 aromatic carbocycles. The zero-order valence-electron chi connectivity index (χ0n) is 7.95. The first kappa shape index (κ1) is 9.70. The molecule has 0 saturated carbocycles. The highest BCUT2D eigenvalue weighted by Gasteiger charge is 2.02. The number of aryl methyl sites for hydroxylation is 1. The lowest BCUT2D eigenvalue weighted by Crippen LogP contribution is -2.23. The molecule has 1 heterocycles. The summed E-state index contributed by atoms with van der Waals surface area (Å²) in [6, 6.07) is 0. The Bertz CT molecular complexity index is 281. The van der Waals surface area contributed by atoms with E-state index in [1.165, 1.54) is 0 Å². The fraction of sp³-hybridized carbons (Fsp3) is 0.625. The van der Waals surface area contributed by atoms with Crippen LogP contribution in [0, 0.1) is 0 Å². The summed E-state index contributed by atoms with van der Waals surface area (Å²) < 4.78 is 1.78. The Kier molecular flexibility index (Phi) is 3.42. The van der Waals surface area contributed by atoms with Crippen LogP contribution in [0.4, 0.5) is 0 Å². The third-order valence-corrected chi connectivity index (χ3v) is 1.73. The molecule has 0 bridgehead atoms. The lowest BCUT2D eigenvalue weighted by Gasteiger charge is -2.02. The van der Waals surface area contributed by atoms with E-state index in [1.54, 1.807) is 10.9 Å². The Hall–Kier alpha value is -1.39. The van der Waals surface area contributed by atoms with E-state index in [-0.39, 0.29) is 5.91 Å². The minimum atomic E-state index is 0.0606. The molecule has 1 aromatic rings. The normalized spacial score (nSPS) is 10.0. The van der Waals surface area contributed by atoms with Crippen molar-refractivity contribution in [1.82, 2.24) is 20.1 Å². The molecular weight excluding hydrogens is 168 g/mol. The molecule has 0 aliphatic rings. The van der Waals surface area contributed by atoms with Gasteiger partial charge in [-0.25, -0.2) is 0 Å². The van der Waals surface area contributed by atoms with Crippen molar-refractivity contribution in [2.45, 2.75) is 26.3 Å². The van der Waals surface area contributed by atoms with Crippen LogP contribution in [0.3, 0.4) is 0 Å². The van der Waals surface area contributed by atoms with Gasteiger partial charge >= 0.3 is 0 Å². The second-order valence-corrected chi connectivity index (χ2v) is 2.88. The van der Waals surface area contributed by atoms with Crippen LogP contribution in [0.1, 0.15) is 25.6 Å². The highest BCUT2D eigenvalue weighted by Crippen LogP contribution is 1.91. The molecule has 0 spiro atoms. The summed E-state index contributed by atoms with van der Waals surface area (Å²) in [6.07, 6.45) is 3.05. The number of carbonyl (C=O) groups excluding carboxylic acids is 1. The van der Waals surface area contributed by atoms with E-state index < -0.39 is 0 Å². The molecular formula is C8H14N4O. The molecule has 0 atom stereocenters. The largest absolute Gasteiger partial charge is 0.349 e. The number of carbonyl (C=O) groups is 1. The molecule has 1 aromatic heterocycles. The van der Waals surface area contributed by atoms with Crippen LogP contribution < -0.4 is 5.32 Å². The van der Waals surface area contributed by atoms with E-state index >= 15 is 0 Å². The van der Waals surface area contributed by atoms with E-state index in [9.17, 15) is 4.79 Å². The molecule has 0 radical (unpaired) electrons. The Labute approximate surface area is 77.2 Å². The summed E-state index contributed by atoms with van der Waals surface area (Å²) in [4.78, 5) is 11.1. The summed E-state index contributed by atoms with van der Waals surface area (Å²) >= 11 is 0. The van der Waals surface area contributed by atoms with Crippen molar-refractivity contribution in [2.24, 2.45) is 7.05 Å². The average molecular weight is 182 g/mol. The number of nitrogens with one attached hydrogen (secondary N) is 1. The lowest BCUT2D eigenvalue weighted by molar-refractivity contribution is -0.121. The number of hydrogen-bond acceptors (Lipinski definition) is 3. The highest BCUT2D eigenvalue weighted by atomic mass is 16.1. The van der Waals surface area contributed by atoms with Crippen LogP contribution in [0.15, 0.2) is 6.33 Å². The number of hydrogen-bond donors (Lipinski definition) is 1. The van der Waals surface area contributed by atoms with Gasteiger partial charge in [0.05, 0.1) is 6.54 Å². The molecule has 1 rings (SSSR count). The number of rotatable bonds is 4. The van der Waals surface area contributed by atoms with Gasteiger partial charge in [0, 0.05) is 13.5 Å². The number of nitrogens with zero attached hydrogens (tertiary/aromatic N) is 3. The summed E-state index contributed by atoms with van der Waals surface area (Å²) in [5, 5.41) is 10.3. The van der Waals surface area contributed by atoms with Crippen molar-refractivity contribution in [3.05, 3.63) is 12.2 Å². The van der Waals surface area contributed by atoms with Crippen LogP contribution in [0.2, 0.25) is 0 Å². The number of aromatic nitrogens is 3. The maximum atomic E-state index is 11.1. The van der Waals surface area contributed by atoms with Crippen molar-refractivity contribution in [1.29, 1.82) is 0 Å². The molecule has 0 aliphatic heterocycles. The fourth-order valence-electron chi connectivity index (χ4n) is 0.960. The summed E-state index contributed by atoms with van der Waals surface area (Å²) in [7, 11) is 1.85. The molecule has 1 amide bonds. The first-order chi connectivity index (χ1) is 6.24. The molecule has 0 aliphatic carbocycles. The van der Waals surface area contributed by atoms with Gasteiger partial charge in [-0.15, -0.1) is 10.2 Å². The highest BCUT2D eigenvalue weighted by molar-refractivity contribution is 5.75. The fourth-order valence-corrected chi connectivity index (χ4v) is 0.960. The molecule has 72 valence electrons. The van der Waals surface area contributed by atoms with Gasteiger partial charge in [0.15, 0.2) is 5.82 Å². The van der Waals surface area contributed by atoms with E-state index in [0.717, 1.165) is 12.2 Å². The smallest absolute Gasteiger partial charge is 0.220 e. The third kappa shape index (κ3) is 2.85. The molecule has 5 nitrogen and oxygen atoms in total. The Morgan fingerprint density at radius 1 is 1.69 bits per heavy atom. The van der Waals surface area contributed by atoms with E-state index in [4.69, 9.17) is 0 Å². The van der Waals surface area contributed by atoms with Crippen molar-refractivity contribution in [2.75, 3.05) is 0 Å². The molecule has 5 heteroatoms. The Balaban J connectivity index is 2.35. The predicted octanol–water partition coefficient (Wildman–Crippen LogP) is 0.231. The first-order valence-electron chi connectivity index (χ1n) is 4.33. The van der Waals surface area contributed by atoms with Crippen LogP contribution in [0.25, 0.3) is 0 Å². The van der Waals surface area contributed by atoms with Gasteiger partial charge < -0.3 is 9.88 Å². The van der Waals surface area contributed by atoms with Crippen molar-refractivity contribution in [3.8, 4) is 0 Å². The molecule has 0 saturated heterocycles. The average Bonchev–Trinajstić information content (AvgIpc) is 2.48. The minimum absolute atomic E-state index is 0.0606. The predicted molar refractivity (Wildman–Crippen MR) is 47.8 cm³/mol. The van der Waals surface area contributed by atoms with E-state index in [2.05, 4.69) is 15.5 Å². The Morgan fingerprint density at radius 3 is 3.00 bits per heavy atom. The van der Waals surface area contributed by atoms with E-state index in [1.807, 2.05) is 14.0 Å². The van der Waals surface area contributed by atoms with Gasteiger partial charge in [-0.05, 0) is 6.42 Å². The zero-order valence-corrected chi connectivity index (χ0v) is 7.95. The third-order valence-electron chi connectivity index (χ3n) is 1.73. The second kappa shape index (κ2) is 4.59. The summed E-state index contributed by atoms with van der Waals surface area (Å²) in [5.41, 5.74) is 0. The van der Waals surface area contributed by atoms with Crippen LogP contribution in [0.5, 0.6) is 0 Å². The standard InChI is InChI=1S/C8H14N4O/c1-3-4-8(13)9-5-7-11-10-6-12(7)2/h6H,3-5H2,1-2H3,(H,9,13). The van der Waals surface area contributed by atoms with Crippen LogP contribution >= 0.6 is 0 Å². The van der Waals surface area contributed by atoms with Crippen molar-refractivity contribution >= 4 is 5.91 Å². The summed E-state index contributed by atoms with van der Waals surface area (Å²) in [6.45, 7) is 2.43. The Morgan fingerprint density at radius 2 is 2.46 bits per heavy atom. The quantitative estimate of drug-likeness (QED) is 0.725. The second-order valence-electron chi connectivity index (χ2n) is 2.88. The van der Waals surface area contributed by atoms with Gasteiger partial charge in [-0.3, -0.25) is 4.79 Å². The number of amides is 1. The van der Waals surface area contributed by atoms with Gasteiger partial charge in [-0.1, -0.05) is 6.92 Å². The van der Waals surface area contributed by atoms with Gasteiger partial charge in [-0.2, -0.15) is 0 Å². The van der Waals surface area contributed by atoms with Crippen LogP contribution in [-0.2, 0) is 18.4 Å². The molecule has 13 heavy (non-hydrogen) atoms. The van der Waals surface area contributed by atoms with E-state index in [0.29, 0.717) is 13.0 Å². The molecule has 1 N–H and O–H groups in total. The monoisotopic (exact) mass is 182 g/mol. The van der Waals surface area contributed by atoms with Gasteiger partial charge in [0.2, 0.25) is 5.91 Å². The SMILES string of the molecule is CCCC(=O)NCc1nncn1C. The first-order valence-corrected chi connectivity index (χ1v) is 4.33. The summed E-state index contributed by atoms with van der Waals surface area (Å²) in [5.74, 6) is 0.829. The van der Waals surface area contributed by atoms with Crippen molar-refractivity contribution < 1.29 is 4.79 Å². The van der Waals surface area contributed by atoms with Crippen LogP contribution in [-0.4, -0.2) is 20.7 Å². The zero-order chi connectivity index (χ0) is 9.68.